The van der Waals surface area contributed by atoms with Crippen molar-refractivity contribution in [3.8, 4) is 0 Å². The number of Topliss-reactive ketones (excluding diaryl/α,β-unsaturated/α-hetero) is 1. The Balaban J connectivity index is 1.36. The molecular formula is C29H46N2O2. The van der Waals surface area contributed by atoms with Crippen LogP contribution in [0.2, 0.25) is 0 Å². The van der Waals surface area contributed by atoms with Gasteiger partial charge in [-0.15, -0.1) is 0 Å². The van der Waals surface area contributed by atoms with Crippen molar-refractivity contribution >= 4 is 5.78 Å². The van der Waals surface area contributed by atoms with E-state index >= 15 is 0 Å². The molecule has 4 saturated carbocycles. The molecule has 1 aromatic heterocycles. The summed E-state index contributed by atoms with van der Waals surface area (Å²) in [5.74, 6) is 6.76. The van der Waals surface area contributed by atoms with E-state index in [9.17, 15) is 9.90 Å². The molecule has 0 aromatic carbocycles. The molecule has 0 saturated heterocycles. The summed E-state index contributed by atoms with van der Waals surface area (Å²) in [6.45, 7) is 13.6. The SMILES string of the molecule is CC1CCC2C(CCC3C2CCC2(C)C(C(=O)Cn4cc(C(C)(C)O)cn4)C(C)[C@@H](C)C32)C1. The van der Waals surface area contributed by atoms with Crippen LogP contribution < -0.4 is 0 Å². The van der Waals surface area contributed by atoms with E-state index in [-0.39, 0.29) is 11.3 Å². The lowest BCUT2D eigenvalue weighted by Gasteiger charge is -2.56. The van der Waals surface area contributed by atoms with Crippen molar-refractivity contribution < 1.29 is 9.90 Å². The molecule has 1 aromatic rings. The molecule has 184 valence electrons. The lowest BCUT2D eigenvalue weighted by Crippen LogP contribution is -2.50. The molecule has 0 amide bonds. The van der Waals surface area contributed by atoms with Crippen LogP contribution in [0.5, 0.6) is 0 Å². The largest absolute Gasteiger partial charge is 0.386 e. The third kappa shape index (κ3) is 3.83. The monoisotopic (exact) mass is 454 g/mol. The second-order valence-electron chi connectivity index (χ2n) is 13.5. The van der Waals surface area contributed by atoms with Gasteiger partial charge in [0.05, 0.1) is 18.3 Å². The zero-order chi connectivity index (χ0) is 23.7. The standard InChI is InChI=1S/C29H46N2O2/c1-17-7-9-22-20(13-17)8-10-24-23(22)11-12-29(6)26(24)18(2)19(3)27(29)25(32)16-31-15-21(14-30-31)28(4,5)33/h14-15,17-20,22-24,26-27,33H,7-13,16H2,1-6H3/t17?,18-,19?,20?,22?,23?,24?,26?,27?,29?/m1/s1. The lowest BCUT2D eigenvalue weighted by molar-refractivity contribution is -0.132. The summed E-state index contributed by atoms with van der Waals surface area (Å²) in [7, 11) is 0. The normalized spacial score (nSPS) is 45.2. The van der Waals surface area contributed by atoms with Gasteiger partial charge in [-0.25, -0.2) is 0 Å². The molecule has 1 N–H and O–H groups in total. The average molecular weight is 455 g/mol. The van der Waals surface area contributed by atoms with Crippen molar-refractivity contribution in [2.75, 3.05) is 0 Å². The number of aliphatic hydroxyl groups is 1. The van der Waals surface area contributed by atoms with Gasteiger partial charge < -0.3 is 5.11 Å². The van der Waals surface area contributed by atoms with E-state index in [1.165, 1.54) is 44.9 Å². The van der Waals surface area contributed by atoms with Crippen LogP contribution in [0.4, 0.5) is 0 Å². The quantitative estimate of drug-likeness (QED) is 0.600. The minimum atomic E-state index is -0.929. The van der Waals surface area contributed by atoms with Crippen LogP contribution in [0.3, 0.4) is 0 Å². The molecule has 4 aliphatic rings. The summed E-state index contributed by atoms with van der Waals surface area (Å²) < 4.78 is 1.75. The molecule has 0 bridgehead atoms. The molecule has 1 heterocycles. The second kappa shape index (κ2) is 8.21. The average Bonchev–Trinajstić information content (AvgIpc) is 3.28. The Morgan fingerprint density at radius 3 is 2.52 bits per heavy atom. The summed E-state index contributed by atoms with van der Waals surface area (Å²) in [6.07, 6.45) is 13.3. The van der Waals surface area contributed by atoms with E-state index in [4.69, 9.17) is 0 Å². The first-order chi connectivity index (χ1) is 15.5. The van der Waals surface area contributed by atoms with Crippen molar-refractivity contribution in [2.45, 2.75) is 98.6 Å². The van der Waals surface area contributed by atoms with Crippen molar-refractivity contribution in [1.29, 1.82) is 0 Å². The highest BCUT2D eigenvalue weighted by Gasteiger charge is 2.63. The number of aromatic nitrogens is 2. The highest BCUT2D eigenvalue weighted by molar-refractivity contribution is 5.82. The minimum absolute atomic E-state index is 0.123. The van der Waals surface area contributed by atoms with Gasteiger partial charge in [-0.05, 0) is 105 Å². The van der Waals surface area contributed by atoms with Gasteiger partial charge in [0.2, 0.25) is 0 Å². The smallest absolute Gasteiger partial charge is 0.158 e. The molecule has 5 rings (SSSR count). The molecule has 0 spiro atoms. The van der Waals surface area contributed by atoms with Gasteiger partial charge in [0.15, 0.2) is 5.78 Å². The van der Waals surface area contributed by atoms with Crippen LogP contribution in [0.15, 0.2) is 12.4 Å². The Kier molecular flexibility index (Phi) is 5.86. The molecule has 10 atom stereocenters. The number of rotatable bonds is 4. The molecule has 0 radical (unpaired) electrons. The van der Waals surface area contributed by atoms with E-state index in [1.54, 1.807) is 24.7 Å². The van der Waals surface area contributed by atoms with Crippen LogP contribution in [0.1, 0.15) is 92.1 Å². The molecular weight excluding hydrogens is 408 g/mol. The maximum atomic E-state index is 13.8. The van der Waals surface area contributed by atoms with E-state index < -0.39 is 5.60 Å². The summed E-state index contributed by atoms with van der Waals surface area (Å²) in [6, 6.07) is 0. The van der Waals surface area contributed by atoms with Crippen molar-refractivity contribution in [3.63, 3.8) is 0 Å². The fraction of sp³-hybridized carbons (Fsp3) is 0.862. The highest BCUT2D eigenvalue weighted by Crippen LogP contribution is 2.67. The zero-order valence-corrected chi connectivity index (χ0v) is 21.8. The maximum Gasteiger partial charge on any atom is 0.158 e. The second-order valence-corrected chi connectivity index (χ2v) is 13.5. The first-order valence-electron chi connectivity index (χ1n) is 13.8. The van der Waals surface area contributed by atoms with Gasteiger partial charge in [0.25, 0.3) is 0 Å². The lowest BCUT2D eigenvalue weighted by atomic mass is 9.48. The van der Waals surface area contributed by atoms with Crippen LogP contribution in [-0.4, -0.2) is 20.7 Å². The van der Waals surface area contributed by atoms with Crippen LogP contribution >= 0.6 is 0 Å². The van der Waals surface area contributed by atoms with Crippen LogP contribution in [-0.2, 0) is 16.9 Å². The highest BCUT2D eigenvalue weighted by atomic mass is 16.3. The molecule has 4 aliphatic carbocycles. The minimum Gasteiger partial charge on any atom is -0.386 e. The molecule has 33 heavy (non-hydrogen) atoms. The first kappa shape index (κ1) is 23.6. The van der Waals surface area contributed by atoms with Gasteiger partial charge in [0.1, 0.15) is 0 Å². The Labute approximate surface area is 200 Å². The Morgan fingerprint density at radius 1 is 1.09 bits per heavy atom. The fourth-order valence-electron chi connectivity index (χ4n) is 9.63. The molecule has 4 nitrogen and oxygen atoms in total. The number of hydrogen-bond acceptors (Lipinski definition) is 3. The predicted octanol–water partition coefficient (Wildman–Crippen LogP) is 6.08. The zero-order valence-electron chi connectivity index (χ0n) is 21.8. The number of carbonyl (C=O) groups excluding carboxylic acids is 1. The number of hydrogen-bond donors (Lipinski definition) is 1. The van der Waals surface area contributed by atoms with Crippen LogP contribution in [0.25, 0.3) is 0 Å². The van der Waals surface area contributed by atoms with Gasteiger partial charge in [0, 0.05) is 17.7 Å². The van der Waals surface area contributed by atoms with Gasteiger partial charge in [-0.2, -0.15) is 5.10 Å². The van der Waals surface area contributed by atoms with Gasteiger partial charge in [-0.3, -0.25) is 9.48 Å². The van der Waals surface area contributed by atoms with Crippen molar-refractivity contribution in [1.82, 2.24) is 9.78 Å². The number of nitrogens with zero attached hydrogens (tertiary/aromatic N) is 2. The summed E-state index contributed by atoms with van der Waals surface area (Å²) in [5.41, 5.74) is -0.0361. The number of fused-ring (bicyclic) bond motifs is 5. The predicted molar refractivity (Wildman–Crippen MR) is 131 cm³/mol. The van der Waals surface area contributed by atoms with Crippen LogP contribution in [0, 0.1) is 58.7 Å². The van der Waals surface area contributed by atoms with Gasteiger partial charge in [-0.1, -0.05) is 34.1 Å². The van der Waals surface area contributed by atoms with E-state index in [0.29, 0.717) is 30.1 Å². The maximum absolute atomic E-state index is 13.8. The van der Waals surface area contributed by atoms with Crippen molar-refractivity contribution in [2.24, 2.45) is 58.7 Å². The third-order valence-electron chi connectivity index (χ3n) is 11.1. The Hall–Kier alpha value is -1.16. The van der Waals surface area contributed by atoms with E-state index in [0.717, 1.165) is 35.2 Å². The van der Waals surface area contributed by atoms with Gasteiger partial charge >= 0.3 is 0 Å². The molecule has 0 aliphatic heterocycles. The Bertz CT molecular complexity index is 884. The van der Waals surface area contributed by atoms with E-state index in [2.05, 4.69) is 32.8 Å². The number of carbonyl (C=O) groups is 1. The third-order valence-corrected chi connectivity index (χ3v) is 11.1. The van der Waals surface area contributed by atoms with E-state index in [1.807, 2.05) is 6.20 Å². The van der Waals surface area contributed by atoms with Crippen molar-refractivity contribution in [3.05, 3.63) is 18.0 Å². The summed E-state index contributed by atoms with van der Waals surface area (Å²) in [5, 5.41) is 14.7. The molecule has 9 unspecified atom stereocenters. The molecule has 4 heteroatoms. The first-order valence-corrected chi connectivity index (χ1v) is 13.8. The summed E-state index contributed by atoms with van der Waals surface area (Å²) in [4.78, 5) is 13.8. The summed E-state index contributed by atoms with van der Waals surface area (Å²) >= 11 is 0. The Morgan fingerprint density at radius 2 is 1.82 bits per heavy atom. The topological polar surface area (TPSA) is 55.1 Å². The fourth-order valence-corrected chi connectivity index (χ4v) is 9.63. The molecule has 4 fully saturated rings. The number of ketones is 1.